The number of rotatable bonds is 5. The van der Waals surface area contributed by atoms with Crippen molar-refractivity contribution in [1.82, 2.24) is 9.55 Å². The van der Waals surface area contributed by atoms with Crippen LogP contribution in [-0.4, -0.2) is 40.7 Å². The van der Waals surface area contributed by atoms with E-state index < -0.39 is 0 Å². The maximum Gasteiger partial charge on any atom is 0.293 e. The van der Waals surface area contributed by atoms with Crippen molar-refractivity contribution in [1.29, 1.82) is 0 Å². The van der Waals surface area contributed by atoms with Crippen molar-refractivity contribution in [3.05, 3.63) is 22.7 Å². The minimum atomic E-state index is 0.00447. The van der Waals surface area contributed by atoms with E-state index in [1.54, 1.807) is 17.0 Å². The van der Waals surface area contributed by atoms with Crippen LogP contribution >= 0.6 is 15.9 Å². The van der Waals surface area contributed by atoms with Crippen LogP contribution in [-0.2, 0) is 11.3 Å². The number of anilines is 1. The summed E-state index contributed by atoms with van der Waals surface area (Å²) in [7, 11) is 0. The van der Waals surface area contributed by atoms with Crippen LogP contribution in [0.5, 0.6) is 0 Å². The molecule has 1 aliphatic rings. The van der Waals surface area contributed by atoms with E-state index in [9.17, 15) is 4.79 Å². The van der Waals surface area contributed by atoms with Crippen LogP contribution in [0.2, 0.25) is 0 Å². The SMILES string of the molecule is CCn1ccnc(N2CCC(OCCBr)CC2)c1=O. The highest BCUT2D eigenvalue weighted by Gasteiger charge is 2.22. The molecular weight excluding hydrogens is 310 g/mol. The zero-order chi connectivity index (χ0) is 13.7. The van der Waals surface area contributed by atoms with Gasteiger partial charge in [-0.05, 0) is 19.8 Å². The predicted molar refractivity (Wildman–Crippen MR) is 79.2 cm³/mol. The smallest absolute Gasteiger partial charge is 0.293 e. The van der Waals surface area contributed by atoms with Gasteiger partial charge in [0.2, 0.25) is 0 Å². The summed E-state index contributed by atoms with van der Waals surface area (Å²) in [5.74, 6) is 0.572. The third-order valence-corrected chi connectivity index (χ3v) is 3.73. The first-order chi connectivity index (χ1) is 9.26. The van der Waals surface area contributed by atoms with Crippen molar-refractivity contribution < 1.29 is 4.74 Å². The normalized spacial score (nSPS) is 16.8. The Kier molecular flexibility index (Phi) is 5.39. The fourth-order valence-electron chi connectivity index (χ4n) is 2.35. The second-order valence-corrected chi connectivity index (χ2v) is 5.38. The molecule has 0 bridgehead atoms. The molecule has 1 aliphatic heterocycles. The number of halogens is 1. The van der Waals surface area contributed by atoms with Gasteiger partial charge < -0.3 is 14.2 Å². The summed E-state index contributed by atoms with van der Waals surface area (Å²) in [4.78, 5) is 18.5. The molecule has 2 heterocycles. The van der Waals surface area contributed by atoms with E-state index in [-0.39, 0.29) is 5.56 Å². The van der Waals surface area contributed by atoms with Crippen LogP contribution in [0, 0.1) is 0 Å². The standard InChI is InChI=1S/C13H20BrN3O2/c1-2-16-9-6-15-12(13(16)18)17-7-3-11(4-8-17)19-10-5-14/h6,9,11H,2-5,7-8,10H2,1H3. The maximum atomic E-state index is 12.2. The molecule has 106 valence electrons. The average Bonchev–Trinajstić information content (AvgIpc) is 2.46. The third kappa shape index (κ3) is 3.57. The van der Waals surface area contributed by atoms with Gasteiger partial charge >= 0.3 is 0 Å². The molecule has 0 spiro atoms. The van der Waals surface area contributed by atoms with Gasteiger partial charge in [0.15, 0.2) is 5.82 Å². The van der Waals surface area contributed by atoms with E-state index >= 15 is 0 Å². The van der Waals surface area contributed by atoms with Crippen molar-refractivity contribution >= 4 is 21.7 Å². The first kappa shape index (κ1) is 14.5. The molecule has 19 heavy (non-hydrogen) atoms. The van der Waals surface area contributed by atoms with E-state index in [1.807, 2.05) is 6.92 Å². The number of ether oxygens (including phenoxy) is 1. The number of aryl methyl sites for hydroxylation is 1. The molecule has 0 amide bonds. The van der Waals surface area contributed by atoms with Crippen molar-refractivity contribution in [2.45, 2.75) is 32.4 Å². The van der Waals surface area contributed by atoms with Gasteiger partial charge in [0.1, 0.15) is 0 Å². The van der Waals surface area contributed by atoms with Crippen LogP contribution in [0.3, 0.4) is 0 Å². The van der Waals surface area contributed by atoms with Gasteiger partial charge in [0.25, 0.3) is 5.56 Å². The average molecular weight is 330 g/mol. The van der Waals surface area contributed by atoms with E-state index in [0.717, 1.165) is 37.9 Å². The Balaban J connectivity index is 2.00. The minimum absolute atomic E-state index is 0.00447. The van der Waals surface area contributed by atoms with Crippen LogP contribution in [0.15, 0.2) is 17.2 Å². The molecule has 1 fully saturated rings. The van der Waals surface area contributed by atoms with Gasteiger partial charge in [-0.3, -0.25) is 4.79 Å². The zero-order valence-corrected chi connectivity index (χ0v) is 12.8. The number of alkyl halides is 1. The molecule has 0 unspecified atom stereocenters. The molecule has 0 aromatic carbocycles. The second-order valence-electron chi connectivity index (χ2n) is 4.59. The molecule has 1 saturated heterocycles. The first-order valence-corrected chi connectivity index (χ1v) is 7.86. The Morgan fingerprint density at radius 1 is 1.47 bits per heavy atom. The largest absolute Gasteiger partial charge is 0.377 e. The number of hydrogen-bond acceptors (Lipinski definition) is 4. The molecule has 0 aliphatic carbocycles. The first-order valence-electron chi connectivity index (χ1n) is 6.74. The van der Waals surface area contributed by atoms with Crippen LogP contribution < -0.4 is 10.5 Å². The van der Waals surface area contributed by atoms with Crippen LogP contribution in [0.25, 0.3) is 0 Å². The third-order valence-electron chi connectivity index (χ3n) is 3.41. The van der Waals surface area contributed by atoms with Gasteiger partial charge in [-0.15, -0.1) is 0 Å². The highest BCUT2D eigenvalue weighted by atomic mass is 79.9. The van der Waals surface area contributed by atoms with Crippen LogP contribution in [0.1, 0.15) is 19.8 Å². The molecular formula is C13H20BrN3O2. The minimum Gasteiger partial charge on any atom is -0.377 e. The van der Waals surface area contributed by atoms with E-state index in [1.165, 1.54) is 0 Å². The molecule has 0 atom stereocenters. The van der Waals surface area contributed by atoms with Crippen LogP contribution in [0.4, 0.5) is 5.82 Å². The summed E-state index contributed by atoms with van der Waals surface area (Å²) in [6.07, 6.45) is 5.65. The molecule has 2 rings (SSSR count). The van der Waals surface area contributed by atoms with Crippen molar-refractivity contribution in [2.75, 3.05) is 29.9 Å². The van der Waals surface area contributed by atoms with Gasteiger partial charge in [-0.2, -0.15) is 0 Å². The van der Waals surface area contributed by atoms with Gasteiger partial charge in [0, 0.05) is 37.4 Å². The highest BCUT2D eigenvalue weighted by Crippen LogP contribution is 2.17. The van der Waals surface area contributed by atoms with Crippen molar-refractivity contribution in [3.8, 4) is 0 Å². The summed E-state index contributed by atoms with van der Waals surface area (Å²) in [6, 6.07) is 0. The van der Waals surface area contributed by atoms with Gasteiger partial charge in [-0.1, -0.05) is 15.9 Å². The monoisotopic (exact) mass is 329 g/mol. The van der Waals surface area contributed by atoms with Crippen molar-refractivity contribution in [3.63, 3.8) is 0 Å². The second kappa shape index (κ2) is 7.05. The fourth-order valence-corrected chi connectivity index (χ4v) is 2.53. The molecule has 1 aromatic rings. The lowest BCUT2D eigenvalue weighted by Gasteiger charge is -2.32. The molecule has 1 aromatic heterocycles. The predicted octanol–water partition coefficient (Wildman–Crippen LogP) is 1.64. The lowest BCUT2D eigenvalue weighted by Crippen LogP contribution is -2.41. The quantitative estimate of drug-likeness (QED) is 0.770. The molecule has 5 nitrogen and oxygen atoms in total. The Hall–Kier alpha value is -0.880. The highest BCUT2D eigenvalue weighted by molar-refractivity contribution is 9.09. The lowest BCUT2D eigenvalue weighted by atomic mass is 10.1. The number of hydrogen-bond donors (Lipinski definition) is 0. The van der Waals surface area contributed by atoms with E-state index in [2.05, 4.69) is 25.8 Å². The zero-order valence-electron chi connectivity index (χ0n) is 11.2. The van der Waals surface area contributed by atoms with Crippen molar-refractivity contribution in [2.24, 2.45) is 0 Å². The number of nitrogens with zero attached hydrogens (tertiary/aromatic N) is 3. The summed E-state index contributed by atoms with van der Waals surface area (Å²) in [6.45, 7) is 5.06. The Morgan fingerprint density at radius 3 is 2.84 bits per heavy atom. The summed E-state index contributed by atoms with van der Waals surface area (Å²) in [5.41, 5.74) is 0.00447. The Labute approximate surface area is 121 Å². The maximum absolute atomic E-state index is 12.2. The van der Waals surface area contributed by atoms with E-state index in [4.69, 9.17) is 4.74 Å². The number of piperidine rings is 1. The summed E-state index contributed by atoms with van der Waals surface area (Å²) >= 11 is 3.36. The summed E-state index contributed by atoms with van der Waals surface area (Å²) < 4.78 is 7.40. The fraction of sp³-hybridized carbons (Fsp3) is 0.692. The summed E-state index contributed by atoms with van der Waals surface area (Å²) in [5, 5.41) is 0.870. The molecule has 0 radical (unpaired) electrons. The molecule has 0 saturated carbocycles. The lowest BCUT2D eigenvalue weighted by molar-refractivity contribution is 0.0479. The topological polar surface area (TPSA) is 47.4 Å². The van der Waals surface area contributed by atoms with E-state index in [0.29, 0.717) is 18.5 Å². The Bertz CT molecular complexity index is 455. The number of aromatic nitrogens is 2. The molecule has 6 heteroatoms. The van der Waals surface area contributed by atoms with Gasteiger partial charge in [0.05, 0.1) is 12.7 Å². The van der Waals surface area contributed by atoms with Gasteiger partial charge in [-0.25, -0.2) is 4.98 Å². The molecule has 0 N–H and O–H groups in total. The Morgan fingerprint density at radius 2 is 2.21 bits per heavy atom.